The topological polar surface area (TPSA) is 163 Å². The Kier molecular flexibility index (Phi) is 25.3. The smallest absolute Gasteiger partial charge is 0.274 e. The molecule has 5 unspecified atom stereocenters. The van der Waals surface area contributed by atoms with Crippen LogP contribution in [0.15, 0.2) is 23.2 Å². The summed E-state index contributed by atoms with van der Waals surface area (Å²) in [5.74, 6) is -0.0396. The molecule has 2 rings (SSSR count). The Bertz CT molecular complexity index is 953. The fourth-order valence-electron chi connectivity index (χ4n) is 4.12. The van der Waals surface area contributed by atoms with Gasteiger partial charge in [-0.2, -0.15) is 0 Å². The molecule has 252 valence electrons. The molecule has 1 fully saturated rings. The molecule has 3 amide bonds. The number of rotatable bonds is 16. The molecular formula is C32H58N6O6. The number of nitrogens with zero attached hydrogens (tertiary/aromatic N) is 2. The van der Waals surface area contributed by atoms with Crippen LogP contribution in [0.1, 0.15) is 89.9 Å². The van der Waals surface area contributed by atoms with Gasteiger partial charge in [0.15, 0.2) is 5.69 Å². The van der Waals surface area contributed by atoms with Gasteiger partial charge in [-0.3, -0.25) is 14.4 Å². The normalized spacial score (nSPS) is 16.2. The lowest BCUT2D eigenvalue weighted by Crippen LogP contribution is -2.53. The Balaban J connectivity index is 0. The number of hydrogen-bond acceptors (Lipinski definition) is 9. The van der Waals surface area contributed by atoms with E-state index in [-0.39, 0.29) is 41.6 Å². The first-order valence-electron chi connectivity index (χ1n) is 15.6. The molecule has 1 aliphatic heterocycles. The van der Waals surface area contributed by atoms with Crippen LogP contribution in [0.25, 0.3) is 0 Å². The van der Waals surface area contributed by atoms with Crippen molar-refractivity contribution in [2.45, 2.75) is 105 Å². The summed E-state index contributed by atoms with van der Waals surface area (Å²) in [7, 11) is 3.77. The van der Waals surface area contributed by atoms with Gasteiger partial charge in [-0.25, -0.2) is 0 Å². The number of carbonyl (C=O) groups is 5. The molecule has 0 aliphatic carbocycles. The predicted molar refractivity (Wildman–Crippen MR) is 174 cm³/mol. The highest BCUT2D eigenvalue weighted by molar-refractivity contribution is 5.96. The lowest BCUT2D eigenvalue weighted by atomic mass is 9.97. The molecule has 4 N–H and O–H groups in total. The van der Waals surface area contributed by atoms with Gasteiger partial charge in [0.05, 0.1) is 6.04 Å². The van der Waals surface area contributed by atoms with Crippen LogP contribution in [0.2, 0.25) is 0 Å². The molecule has 0 radical (unpaired) electrons. The van der Waals surface area contributed by atoms with E-state index >= 15 is 0 Å². The molecule has 1 aromatic heterocycles. The quantitative estimate of drug-likeness (QED) is 0.160. The van der Waals surface area contributed by atoms with Crippen molar-refractivity contribution in [2.24, 2.45) is 11.8 Å². The highest BCUT2D eigenvalue weighted by atomic mass is 16.5. The number of hydrogen-bond donors (Lipinski definition) is 4. The van der Waals surface area contributed by atoms with Crippen LogP contribution in [0.4, 0.5) is 0 Å². The summed E-state index contributed by atoms with van der Waals surface area (Å²) in [6.45, 7) is 18.5. The molecule has 1 aromatic rings. The summed E-state index contributed by atoms with van der Waals surface area (Å²) in [6.07, 6.45) is 8.33. The minimum absolute atomic E-state index is 0.0488. The maximum atomic E-state index is 12.8. The van der Waals surface area contributed by atoms with Crippen molar-refractivity contribution in [3.8, 4) is 0 Å². The minimum Gasteiger partial charge on any atom is -0.361 e. The van der Waals surface area contributed by atoms with E-state index in [9.17, 15) is 24.0 Å². The molecule has 12 heteroatoms. The molecule has 5 atom stereocenters. The van der Waals surface area contributed by atoms with E-state index < -0.39 is 11.9 Å². The van der Waals surface area contributed by atoms with Crippen LogP contribution >= 0.6 is 0 Å². The molecule has 44 heavy (non-hydrogen) atoms. The summed E-state index contributed by atoms with van der Waals surface area (Å²) < 4.78 is 4.90. The molecule has 0 aromatic carbocycles. The van der Waals surface area contributed by atoms with Crippen LogP contribution in [-0.4, -0.2) is 92.2 Å². The number of nitrogens with one attached hydrogen (secondary N) is 4. The van der Waals surface area contributed by atoms with E-state index in [1.807, 2.05) is 61.7 Å². The standard InChI is InChI=1S/C16H23N3O4.C10H20N2O.C4H9NO.C2H6/c1-4-10(2)14(16(22)19-7-5-6-12(19)9-20)17-15(21)13-8-11(3)23-18-13;1-4-10(12-3)7-9(8-13)5-6-11-2;1-4(2)5-3-6;1-2/h8-10,12,14H,4-7H2,1-3H3,(H,17,21);4,8-12H,1,5-7H2,2-3H3;3-4H,1-2H3,(H,5,6);1-2H3. The molecule has 1 saturated heterocycles. The molecule has 2 heterocycles. The lowest BCUT2D eigenvalue weighted by Gasteiger charge is -2.29. The summed E-state index contributed by atoms with van der Waals surface area (Å²) in [5, 5.41) is 15.1. The van der Waals surface area contributed by atoms with Gasteiger partial charge in [-0.15, -0.1) is 6.58 Å². The lowest BCUT2D eigenvalue weighted by molar-refractivity contribution is -0.137. The summed E-state index contributed by atoms with van der Waals surface area (Å²) in [4.78, 5) is 58.0. The summed E-state index contributed by atoms with van der Waals surface area (Å²) in [5.41, 5.74) is 0.150. The van der Waals surface area contributed by atoms with Gasteiger partial charge < -0.3 is 40.3 Å². The van der Waals surface area contributed by atoms with E-state index in [1.165, 1.54) is 6.07 Å². The van der Waals surface area contributed by atoms with Crippen molar-refractivity contribution in [3.05, 3.63) is 30.2 Å². The number of carbonyl (C=O) groups excluding carboxylic acids is 5. The van der Waals surface area contributed by atoms with Crippen LogP contribution < -0.4 is 21.3 Å². The van der Waals surface area contributed by atoms with Gasteiger partial charge in [0.2, 0.25) is 12.3 Å². The van der Waals surface area contributed by atoms with Crippen molar-refractivity contribution < 1.29 is 28.5 Å². The maximum absolute atomic E-state index is 12.8. The summed E-state index contributed by atoms with van der Waals surface area (Å²) in [6, 6.07) is 0.984. The van der Waals surface area contributed by atoms with Crippen LogP contribution in [0.3, 0.4) is 0 Å². The van der Waals surface area contributed by atoms with Crippen molar-refractivity contribution in [3.63, 3.8) is 0 Å². The third kappa shape index (κ3) is 17.0. The van der Waals surface area contributed by atoms with Gasteiger partial charge in [0, 0.05) is 30.6 Å². The second kappa shape index (κ2) is 26.1. The molecule has 0 saturated carbocycles. The van der Waals surface area contributed by atoms with Gasteiger partial charge in [-0.1, -0.05) is 45.3 Å². The number of aldehydes is 2. The van der Waals surface area contributed by atoms with Crippen molar-refractivity contribution in [1.29, 1.82) is 0 Å². The number of likely N-dealkylation sites (tertiary alicyclic amines) is 1. The van der Waals surface area contributed by atoms with Gasteiger partial charge in [0.1, 0.15) is 24.4 Å². The maximum Gasteiger partial charge on any atom is 0.274 e. The highest BCUT2D eigenvalue weighted by Gasteiger charge is 2.36. The third-order valence-electron chi connectivity index (χ3n) is 6.94. The van der Waals surface area contributed by atoms with Crippen LogP contribution in [0.5, 0.6) is 0 Å². The summed E-state index contributed by atoms with van der Waals surface area (Å²) >= 11 is 0. The van der Waals surface area contributed by atoms with E-state index in [0.717, 1.165) is 44.8 Å². The van der Waals surface area contributed by atoms with Crippen molar-refractivity contribution in [2.75, 3.05) is 27.2 Å². The zero-order valence-corrected chi connectivity index (χ0v) is 28.4. The van der Waals surface area contributed by atoms with Crippen LogP contribution in [-0.2, 0) is 19.2 Å². The molecule has 0 spiro atoms. The van der Waals surface area contributed by atoms with Gasteiger partial charge >= 0.3 is 0 Å². The van der Waals surface area contributed by atoms with E-state index in [2.05, 4.69) is 33.0 Å². The average molecular weight is 623 g/mol. The first-order chi connectivity index (χ1) is 21.0. The molecular weight excluding hydrogens is 564 g/mol. The van der Waals surface area contributed by atoms with Gasteiger partial charge in [-0.05, 0) is 73.0 Å². The van der Waals surface area contributed by atoms with Crippen LogP contribution in [0, 0.1) is 18.8 Å². The average Bonchev–Trinajstić information content (AvgIpc) is 3.70. The number of likely N-dealkylation sites (N-methyl/N-ethyl adjacent to an activating group) is 1. The fraction of sp³-hybridized carbons (Fsp3) is 0.688. The number of aryl methyl sites for hydroxylation is 1. The predicted octanol–water partition coefficient (Wildman–Crippen LogP) is 3.06. The minimum atomic E-state index is -0.676. The first kappa shape index (κ1) is 42.8. The Morgan fingerprint density at radius 2 is 1.84 bits per heavy atom. The zero-order valence-electron chi connectivity index (χ0n) is 28.4. The van der Waals surface area contributed by atoms with E-state index in [4.69, 9.17) is 4.52 Å². The van der Waals surface area contributed by atoms with Crippen molar-refractivity contribution >= 4 is 30.8 Å². The molecule has 12 nitrogen and oxygen atoms in total. The van der Waals surface area contributed by atoms with E-state index in [1.54, 1.807) is 11.8 Å². The Hall–Kier alpha value is -3.38. The third-order valence-corrected chi connectivity index (χ3v) is 6.94. The second-order valence-corrected chi connectivity index (χ2v) is 10.6. The molecule has 1 aliphatic rings. The number of amides is 3. The monoisotopic (exact) mass is 622 g/mol. The van der Waals surface area contributed by atoms with E-state index in [0.29, 0.717) is 25.1 Å². The Morgan fingerprint density at radius 3 is 2.25 bits per heavy atom. The second-order valence-electron chi connectivity index (χ2n) is 10.6. The highest BCUT2D eigenvalue weighted by Crippen LogP contribution is 2.20. The van der Waals surface area contributed by atoms with Gasteiger partial charge in [0.25, 0.3) is 5.91 Å². The zero-order chi connectivity index (χ0) is 34.1. The largest absolute Gasteiger partial charge is 0.361 e. The Labute approximate surface area is 264 Å². The Morgan fingerprint density at radius 1 is 1.18 bits per heavy atom. The number of aromatic nitrogens is 1. The SMILES string of the molecule is C=CC(CC(C=O)CCNC)NC.CC.CC(C)NC=O.CCC(C)C(NC(=O)c1cc(C)on1)C(=O)N1CCCC1C=O. The first-order valence-corrected chi connectivity index (χ1v) is 15.6. The van der Waals surface area contributed by atoms with Crippen molar-refractivity contribution in [1.82, 2.24) is 31.3 Å². The molecule has 0 bridgehead atoms. The fourth-order valence-corrected chi connectivity index (χ4v) is 4.12.